The number of carbonyl (C=O) groups excluding carboxylic acids is 1. The van der Waals surface area contributed by atoms with E-state index in [1.54, 1.807) is 6.20 Å². The molecule has 1 aliphatic heterocycles. The first-order chi connectivity index (χ1) is 13.1. The molecule has 0 unspecified atom stereocenters. The highest BCUT2D eigenvalue weighted by molar-refractivity contribution is 5.98. The predicted molar refractivity (Wildman–Crippen MR) is 102 cm³/mol. The van der Waals surface area contributed by atoms with E-state index >= 15 is 0 Å². The van der Waals surface area contributed by atoms with Gasteiger partial charge in [0, 0.05) is 30.1 Å². The van der Waals surface area contributed by atoms with Gasteiger partial charge < -0.3 is 14.0 Å². The summed E-state index contributed by atoms with van der Waals surface area (Å²) in [5.74, 6) is 0.298. The monoisotopic (exact) mass is 365 g/mol. The number of ketones is 1. The van der Waals surface area contributed by atoms with Gasteiger partial charge in [-0.2, -0.15) is 0 Å². The van der Waals surface area contributed by atoms with Crippen molar-refractivity contribution in [3.63, 3.8) is 0 Å². The second-order valence-electron chi connectivity index (χ2n) is 6.94. The van der Waals surface area contributed by atoms with Crippen molar-refractivity contribution in [1.82, 2.24) is 14.5 Å². The average molecular weight is 365 g/mol. The summed E-state index contributed by atoms with van der Waals surface area (Å²) in [6.45, 7) is 5.56. The van der Waals surface area contributed by atoms with Crippen LogP contribution >= 0.6 is 0 Å². The zero-order valence-corrected chi connectivity index (χ0v) is 15.6. The summed E-state index contributed by atoms with van der Waals surface area (Å²) in [4.78, 5) is 21.4. The van der Waals surface area contributed by atoms with Crippen molar-refractivity contribution in [2.75, 3.05) is 13.2 Å². The minimum Gasteiger partial charge on any atom is -0.468 e. The smallest absolute Gasteiger partial charge is 0.233 e. The van der Waals surface area contributed by atoms with Crippen molar-refractivity contribution in [1.29, 1.82) is 0 Å². The normalized spacial score (nSPS) is 16.7. The number of hydrogen-bond donors (Lipinski definition) is 0. The third-order valence-corrected chi connectivity index (χ3v) is 5.06. The lowest BCUT2D eigenvalue weighted by atomic mass is 10.1. The van der Waals surface area contributed by atoms with Gasteiger partial charge >= 0.3 is 0 Å². The second kappa shape index (κ2) is 7.48. The molecule has 0 saturated carbocycles. The highest BCUT2D eigenvalue weighted by Crippen LogP contribution is 2.21. The fourth-order valence-electron chi connectivity index (χ4n) is 3.58. The van der Waals surface area contributed by atoms with Crippen LogP contribution in [0.1, 0.15) is 34.6 Å². The number of rotatable bonds is 6. The van der Waals surface area contributed by atoms with Gasteiger partial charge in [-0.3, -0.25) is 4.79 Å². The molecule has 1 fully saturated rings. The number of ether oxygens (including phenoxy) is 2. The van der Waals surface area contributed by atoms with E-state index in [9.17, 15) is 4.79 Å². The van der Waals surface area contributed by atoms with Gasteiger partial charge in [-0.25, -0.2) is 9.97 Å². The number of aryl methyl sites for hydroxylation is 1. The lowest BCUT2D eigenvalue weighted by molar-refractivity contribution is 0.0911. The van der Waals surface area contributed by atoms with Crippen LogP contribution in [-0.4, -0.2) is 39.6 Å². The third kappa shape index (κ3) is 3.71. The van der Waals surface area contributed by atoms with Gasteiger partial charge in [-0.05, 0) is 44.9 Å². The molecule has 27 heavy (non-hydrogen) atoms. The zero-order chi connectivity index (χ0) is 18.8. The SMILES string of the molecule is Cc1cc(C(=O)COc2cnc3ccccc3n2)c(C)n1C[C@H]1CCCO1. The van der Waals surface area contributed by atoms with E-state index in [1.165, 1.54) is 0 Å². The van der Waals surface area contributed by atoms with E-state index in [-0.39, 0.29) is 18.5 Å². The molecule has 1 aliphatic rings. The number of fused-ring (bicyclic) bond motifs is 1. The van der Waals surface area contributed by atoms with Crippen LogP contribution in [0.4, 0.5) is 0 Å². The molecule has 1 saturated heterocycles. The number of aromatic nitrogens is 3. The van der Waals surface area contributed by atoms with E-state index in [2.05, 4.69) is 14.5 Å². The topological polar surface area (TPSA) is 66.2 Å². The van der Waals surface area contributed by atoms with E-state index < -0.39 is 0 Å². The van der Waals surface area contributed by atoms with Gasteiger partial charge in [0.15, 0.2) is 6.61 Å². The Labute approximate surface area is 158 Å². The molecule has 6 nitrogen and oxygen atoms in total. The maximum atomic E-state index is 12.7. The van der Waals surface area contributed by atoms with Crippen molar-refractivity contribution >= 4 is 16.8 Å². The number of Topliss-reactive ketones (excluding diaryl/α,β-unsaturated/α-hetero) is 1. The van der Waals surface area contributed by atoms with Gasteiger partial charge in [-0.15, -0.1) is 0 Å². The molecule has 140 valence electrons. The molecule has 0 amide bonds. The van der Waals surface area contributed by atoms with Crippen LogP contribution in [0.15, 0.2) is 36.5 Å². The molecule has 0 radical (unpaired) electrons. The predicted octanol–water partition coefficient (Wildman–Crippen LogP) is 3.49. The van der Waals surface area contributed by atoms with Gasteiger partial charge in [0.2, 0.25) is 11.7 Å². The molecule has 6 heteroatoms. The summed E-state index contributed by atoms with van der Waals surface area (Å²) in [6, 6.07) is 9.50. The highest BCUT2D eigenvalue weighted by atomic mass is 16.5. The van der Waals surface area contributed by atoms with Crippen molar-refractivity contribution in [3.05, 3.63) is 53.5 Å². The average Bonchev–Trinajstić information content (AvgIpc) is 3.30. The molecule has 4 rings (SSSR count). The Morgan fingerprint density at radius 3 is 2.89 bits per heavy atom. The lowest BCUT2D eigenvalue weighted by Crippen LogP contribution is -2.18. The Hall–Kier alpha value is -2.73. The molecule has 0 N–H and O–H groups in total. The highest BCUT2D eigenvalue weighted by Gasteiger charge is 2.21. The Morgan fingerprint density at radius 1 is 1.30 bits per heavy atom. The molecule has 0 bridgehead atoms. The molecule has 2 aromatic heterocycles. The van der Waals surface area contributed by atoms with Crippen molar-refractivity contribution in [3.8, 4) is 5.88 Å². The molecule has 0 aliphatic carbocycles. The minimum atomic E-state index is -0.0587. The van der Waals surface area contributed by atoms with E-state index in [0.717, 1.165) is 48.4 Å². The van der Waals surface area contributed by atoms with Crippen LogP contribution in [0.2, 0.25) is 0 Å². The van der Waals surface area contributed by atoms with Crippen LogP contribution in [0.5, 0.6) is 5.88 Å². The largest absolute Gasteiger partial charge is 0.468 e. The molecular formula is C21H23N3O3. The van der Waals surface area contributed by atoms with Crippen LogP contribution in [0, 0.1) is 13.8 Å². The van der Waals surface area contributed by atoms with Gasteiger partial charge in [-0.1, -0.05) is 12.1 Å². The first-order valence-electron chi connectivity index (χ1n) is 9.28. The molecule has 3 aromatic rings. The second-order valence-corrected chi connectivity index (χ2v) is 6.94. The Kier molecular flexibility index (Phi) is 4.90. The van der Waals surface area contributed by atoms with E-state index in [0.29, 0.717) is 11.4 Å². The molecule has 3 heterocycles. The first-order valence-corrected chi connectivity index (χ1v) is 9.28. The molecule has 1 aromatic carbocycles. The summed E-state index contributed by atoms with van der Waals surface area (Å²) >= 11 is 0. The number of hydrogen-bond acceptors (Lipinski definition) is 5. The number of nitrogens with zero attached hydrogens (tertiary/aromatic N) is 3. The van der Waals surface area contributed by atoms with Crippen molar-refractivity contribution in [2.24, 2.45) is 0 Å². The van der Waals surface area contributed by atoms with Gasteiger partial charge in [0.05, 0.1) is 23.3 Å². The Balaban J connectivity index is 1.45. The summed E-state index contributed by atoms with van der Waals surface area (Å²) in [5, 5.41) is 0. The number of benzene rings is 1. The summed E-state index contributed by atoms with van der Waals surface area (Å²) in [6.07, 6.45) is 3.97. The maximum Gasteiger partial charge on any atom is 0.233 e. The zero-order valence-electron chi connectivity index (χ0n) is 15.6. The van der Waals surface area contributed by atoms with Gasteiger partial charge in [0.25, 0.3) is 0 Å². The van der Waals surface area contributed by atoms with Crippen LogP contribution in [0.3, 0.4) is 0 Å². The van der Waals surface area contributed by atoms with Crippen molar-refractivity contribution in [2.45, 2.75) is 39.3 Å². The summed E-state index contributed by atoms with van der Waals surface area (Å²) in [5.41, 5.74) is 4.27. The summed E-state index contributed by atoms with van der Waals surface area (Å²) in [7, 11) is 0. The van der Waals surface area contributed by atoms with Crippen LogP contribution < -0.4 is 4.74 Å². The minimum absolute atomic E-state index is 0.0583. The fourth-order valence-corrected chi connectivity index (χ4v) is 3.58. The van der Waals surface area contributed by atoms with E-state index in [4.69, 9.17) is 9.47 Å². The lowest BCUT2D eigenvalue weighted by Gasteiger charge is -2.14. The summed E-state index contributed by atoms with van der Waals surface area (Å²) < 4.78 is 13.5. The van der Waals surface area contributed by atoms with Gasteiger partial charge in [0.1, 0.15) is 0 Å². The van der Waals surface area contributed by atoms with Crippen LogP contribution in [0.25, 0.3) is 11.0 Å². The fraction of sp³-hybridized carbons (Fsp3) is 0.381. The number of carbonyl (C=O) groups is 1. The standard InChI is InChI=1S/C21H23N3O3/c1-14-10-17(15(2)24(14)12-16-6-5-9-26-16)20(25)13-27-21-11-22-18-7-3-4-8-19(18)23-21/h3-4,7-8,10-11,16H,5-6,9,12-13H2,1-2H3/t16-/m1/s1. The molecular weight excluding hydrogens is 342 g/mol. The third-order valence-electron chi connectivity index (χ3n) is 5.06. The maximum absolute atomic E-state index is 12.7. The van der Waals surface area contributed by atoms with Crippen molar-refractivity contribution < 1.29 is 14.3 Å². The number of para-hydroxylation sites is 2. The molecule has 0 spiro atoms. The van der Waals surface area contributed by atoms with E-state index in [1.807, 2.05) is 44.2 Å². The Bertz CT molecular complexity index is 974. The molecule has 1 atom stereocenters. The quantitative estimate of drug-likeness (QED) is 0.626. The van der Waals surface area contributed by atoms with Crippen LogP contribution in [-0.2, 0) is 11.3 Å². The Morgan fingerprint density at radius 2 is 2.11 bits per heavy atom. The first kappa shape index (κ1) is 17.7.